The summed E-state index contributed by atoms with van der Waals surface area (Å²) < 4.78 is 17.8. The summed E-state index contributed by atoms with van der Waals surface area (Å²) in [5.41, 5.74) is 1.04. The van der Waals surface area contributed by atoms with Crippen LogP contribution < -0.4 is 5.32 Å². The highest BCUT2D eigenvalue weighted by Gasteiger charge is 2.51. The molecule has 0 heterocycles. The van der Waals surface area contributed by atoms with Gasteiger partial charge in [0.05, 0.1) is 13.0 Å². The van der Waals surface area contributed by atoms with Gasteiger partial charge >= 0.3 is 5.97 Å². The second kappa shape index (κ2) is 5.52. The molecule has 2 saturated carbocycles. The molecule has 2 aliphatic rings. The summed E-state index contributed by atoms with van der Waals surface area (Å²) in [6.45, 7) is 0.668. The van der Waals surface area contributed by atoms with E-state index in [1.54, 1.807) is 12.1 Å². The number of esters is 1. The molecule has 2 aliphatic carbocycles. The fourth-order valence-corrected chi connectivity index (χ4v) is 3.90. The molecule has 108 valence electrons. The van der Waals surface area contributed by atoms with Crippen molar-refractivity contribution in [1.29, 1.82) is 0 Å². The van der Waals surface area contributed by atoms with Gasteiger partial charge in [-0.1, -0.05) is 12.1 Å². The third-order valence-electron chi connectivity index (χ3n) is 4.84. The van der Waals surface area contributed by atoms with Crippen LogP contribution in [0.5, 0.6) is 0 Å². The van der Waals surface area contributed by atoms with Gasteiger partial charge in [-0.3, -0.25) is 4.79 Å². The van der Waals surface area contributed by atoms with E-state index in [0.717, 1.165) is 18.4 Å². The number of carbonyl (C=O) groups is 1. The standard InChI is InChI=1S/C16H20FNO2/c1-20-16(19)14-11-4-5-12(8-11)15(14)18-9-10-2-6-13(17)7-3-10/h2-3,6-7,11-12,14-15,18H,4-5,8-9H2,1H3/t11?,12-,14?,15-/m1/s1. The van der Waals surface area contributed by atoms with Gasteiger partial charge in [0.2, 0.25) is 0 Å². The zero-order chi connectivity index (χ0) is 14.1. The average Bonchev–Trinajstić information content (AvgIpc) is 3.06. The van der Waals surface area contributed by atoms with E-state index in [9.17, 15) is 9.18 Å². The van der Waals surface area contributed by atoms with E-state index < -0.39 is 0 Å². The van der Waals surface area contributed by atoms with Crippen LogP contribution in [0.15, 0.2) is 24.3 Å². The van der Waals surface area contributed by atoms with Crippen LogP contribution in [0.2, 0.25) is 0 Å². The van der Waals surface area contributed by atoms with Crippen LogP contribution in [-0.2, 0) is 16.1 Å². The smallest absolute Gasteiger partial charge is 0.310 e. The number of fused-ring (bicyclic) bond motifs is 2. The Labute approximate surface area is 118 Å². The van der Waals surface area contributed by atoms with Gasteiger partial charge in [0, 0.05) is 12.6 Å². The second-order valence-corrected chi connectivity index (χ2v) is 5.92. The first-order valence-electron chi connectivity index (χ1n) is 7.24. The summed E-state index contributed by atoms with van der Waals surface area (Å²) in [5, 5.41) is 3.49. The summed E-state index contributed by atoms with van der Waals surface area (Å²) in [7, 11) is 1.46. The first-order chi connectivity index (χ1) is 9.69. The number of methoxy groups -OCH3 is 1. The third-order valence-corrected chi connectivity index (χ3v) is 4.84. The quantitative estimate of drug-likeness (QED) is 0.859. The van der Waals surface area contributed by atoms with Crippen molar-refractivity contribution in [1.82, 2.24) is 5.32 Å². The lowest BCUT2D eigenvalue weighted by Crippen LogP contribution is -2.44. The molecular formula is C16H20FNO2. The lowest BCUT2D eigenvalue weighted by Gasteiger charge is -2.30. The van der Waals surface area contributed by atoms with Gasteiger partial charge in [-0.15, -0.1) is 0 Å². The van der Waals surface area contributed by atoms with Gasteiger partial charge in [0.25, 0.3) is 0 Å². The van der Waals surface area contributed by atoms with E-state index in [0.29, 0.717) is 18.4 Å². The molecule has 1 aromatic carbocycles. The number of nitrogens with one attached hydrogen (secondary N) is 1. The average molecular weight is 277 g/mol. The predicted molar refractivity (Wildman–Crippen MR) is 73.4 cm³/mol. The highest BCUT2D eigenvalue weighted by molar-refractivity contribution is 5.74. The van der Waals surface area contributed by atoms with Crippen molar-refractivity contribution in [3.05, 3.63) is 35.6 Å². The molecule has 20 heavy (non-hydrogen) atoms. The van der Waals surface area contributed by atoms with Gasteiger partial charge < -0.3 is 10.1 Å². The Morgan fingerprint density at radius 1 is 1.30 bits per heavy atom. The second-order valence-electron chi connectivity index (χ2n) is 5.92. The molecule has 0 spiro atoms. The molecule has 1 aromatic rings. The minimum Gasteiger partial charge on any atom is -0.469 e. The molecule has 4 heteroatoms. The zero-order valence-corrected chi connectivity index (χ0v) is 11.6. The number of halogens is 1. The minimum atomic E-state index is -0.221. The Morgan fingerprint density at radius 3 is 2.70 bits per heavy atom. The van der Waals surface area contributed by atoms with Crippen LogP contribution in [0.4, 0.5) is 4.39 Å². The van der Waals surface area contributed by atoms with Crippen LogP contribution in [0.1, 0.15) is 24.8 Å². The molecule has 2 fully saturated rings. The monoisotopic (exact) mass is 277 g/mol. The molecular weight excluding hydrogens is 257 g/mol. The molecule has 0 aliphatic heterocycles. The summed E-state index contributed by atoms with van der Waals surface area (Å²) in [6.07, 6.45) is 3.46. The van der Waals surface area contributed by atoms with Crippen LogP contribution in [-0.4, -0.2) is 19.1 Å². The number of ether oxygens (including phenoxy) is 1. The van der Waals surface area contributed by atoms with Crippen LogP contribution in [0, 0.1) is 23.6 Å². The molecule has 0 aromatic heterocycles. The number of carbonyl (C=O) groups excluding carboxylic acids is 1. The molecule has 2 unspecified atom stereocenters. The van der Waals surface area contributed by atoms with Crippen molar-refractivity contribution in [2.45, 2.75) is 31.8 Å². The van der Waals surface area contributed by atoms with Crippen molar-refractivity contribution in [2.24, 2.45) is 17.8 Å². The van der Waals surface area contributed by atoms with Crippen molar-refractivity contribution >= 4 is 5.97 Å². The molecule has 4 atom stereocenters. The maximum absolute atomic E-state index is 12.9. The topological polar surface area (TPSA) is 38.3 Å². The third kappa shape index (κ3) is 2.44. The van der Waals surface area contributed by atoms with E-state index in [4.69, 9.17) is 4.74 Å². The van der Waals surface area contributed by atoms with Gasteiger partial charge in [-0.2, -0.15) is 0 Å². The molecule has 0 radical (unpaired) electrons. The molecule has 0 amide bonds. The van der Waals surface area contributed by atoms with Gasteiger partial charge in [-0.25, -0.2) is 4.39 Å². The summed E-state index contributed by atoms with van der Waals surface area (Å²) in [4.78, 5) is 12.0. The van der Waals surface area contributed by atoms with Crippen molar-refractivity contribution < 1.29 is 13.9 Å². The fraction of sp³-hybridized carbons (Fsp3) is 0.562. The Balaban J connectivity index is 1.66. The van der Waals surface area contributed by atoms with Crippen LogP contribution >= 0.6 is 0 Å². The fourth-order valence-electron chi connectivity index (χ4n) is 3.90. The highest BCUT2D eigenvalue weighted by atomic mass is 19.1. The minimum absolute atomic E-state index is 0.0146. The maximum Gasteiger partial charge on any atom is 0.310 e. The van der Waals surface area contributed by atoms with Crippen molar-refractivity contribution in [3.63, 3.8) is 0 Å². The van der Waals surface area contributed by atoms with Crippen molar-refractivity contribution in [3.8, 4) is 0 Å². The molecule has 3 rings (SSSR count). The Morgan fingerprint density at radius 2 is 2.00 bits per heavy atom. The van der Waals surface area contributed by atoms with Gasteiger partial charge in [0.15, 0.2) is 0 Å². The first kappa shape index (κ1) is 13.6. The Bertz CT molecular complexity index is 488. The van der Waals surface area contributed by atoms with Crippen LogP contribution in [0.3, 0.4) is 0 Å². The largest absolute Gasteiger partial charge is 0.469 e. The SMILES string of the molecule is COC(=O)C1C2CC[C@H](C2)[C@H]1NCc1ccc(F)cc1. The van der Waals surface area contributed by atoms with E-state index >= 15 is 0 Å². The van der Waals surface area contributed by atoms with Gasteiger partial charge in [0.1, 0.15) is 5.82 Å². The van der Waals surface area contributed by atoms with Crippen LogP contribution in [0.25, 0.3) is 0 Å². The molecule has 0 saturated heterocycles. The number of hydrogen-bond donors (Lipinski definition) is 1. The summed E-state index contributed by atoms with van der Waals surface area (Å²) in [5.74, 6) is 0.719. The lowest BCUT2D eigenvalue weighted by atomic mass is 9.84. The molecule has 2 bridgehead atoms. The van der Waals surface area contributed by atoms with E-state index in [1.807, 2.05) is 0 Å². The molecule has 1 N–H and O–H groups in total. The summed E-state index contributed by atoms with van der Waals surface area (Å²) in [6, 6.07) is 6.70. The first-order valence-corrected chi connectivity index (χ1v) is 7.24. The number of rotatable bonds is 4. The van der Waals surface area contributed by atoms with Crippen molar-refractivity contribution in [2.75, 3.05) is 7.11 Å². The number of hydrogen-bond acceptors (Lipinski definition) is 3. The lowest BCUT2D eigenvalue weighted by molar-refractivity contribution is -0.148. The van der Waals surface area contributed by atoms with E-state index in [1.165, 1.54) is 25.7 Å². The Hall–Kier alpha value is -1.42. The number of benzene rings is 1. The van der Waals surface area contributed by atoms with Gasteiger partial charge in [-0.05, 0) is 48.8 Å². The normalized spacial score (nSPS) is 31.5. The van der Waals surface area contributed by atoms with E-state index in [-0.39, 0.29) is 23.7 Å². The maximum atomic E-state index is 12.9. The predicted octanol–water partition coefficient (Wildman–Crippen LogP) is 2.50. The van der Waals surface area contributed by atoms with E-state index in [2.05, 4.69) is 5.32 Å². The zero-order valence-electron chi connectivity index (χ0n) is 11.6. The Kier molecular flexibility index (Phi) is 3.74. The molecule has 3 nitrogen and oxygen atoms in total. The summed E-state index contributed by atoms with van der Waals surface area (Å²) >= 11 is 0. The highest BCUT2D eigenvalue weighted by Crippen LogP contribution is 2.48.